The summed E-state index contributed by atoms with van der Waals surface area (Å²) in [5.41, 5.74) is 1.12. The first-order valence-corrected chi connectivity index (χ1v) is 10.3. The Kier molecular flexibility index (Phi) is 4.51. The molecule has 3 amide bonds. The van der Waals surface area contributed by atoms with E-state index in [4.69, 9.17) is 0 Å². The number of imide groups is 1. The van der Waals surface area contributed by atoms with Gasteiger partial charge in [0.2, 0.25) is 17.7 Å². The smallest absolute Gasteiger partial charge is 0.249 e. The van der Waals surface area contributed by atoms with Gasteiger partial charge in [0, 0.05) is 16.4 Å². The highest BCUT2D eigenvalue weighted by molar-refractivity contribution is 9.10. The summed E-state index contributed by atoms with van der Waals surface area (Å²) in [5.74, 6) is -2.53. The second-order valence-corrected chi connectivity index (χ2v) is 8.28. The first kappa shape index (κ1) is 18.7. The molecule has 2 aromatic carbocycles. The predicted molar refractivity (Wildman–Crippen MR) is 116 cm³/mol. The van der Waals surface area contributed by atoms with Crippen LogP contribution in [0.15, 0.2) is 76.3 Å². The lowest BCUT2D eigenvalue weighted by molar-refractivity contribution is -0.129. The summed E-state index contributed by atoms with van der Waals surface area (Å²) in [4.78, 5) is 41.2. The quantitative estimate of drug-likeness (QED) is 0.707. The molecule has 0 spiro atoms. The van der Waals surface area contributed by atoms with Crippen LogP contribution < -0.4 is 10.2 Å². The molecule has 3 heterocycles. The van der Waals surface area contributed by atoms with Gasteiger partial charge in [0.25, 0.3) is 0 Å². The fourth-order valence-corrected chi connectivity index (χ4v) is 4.83. The summed E-state index contributed by atoms with van der Waals surface area (Å²) in [7, 11) is 0. The third-order valence-electron chi connectivity index (χ3n) is 5.67. The van der Waals surface area contributed by atoms with E-state index in [2.05, 4.69) is 26.3 Å². The minimum Gasteiger partial charge on any atom is -0.324 e. The van der Waals surface area contributed by atoms with E-state index in [1.54, 1.807) is 47.6 Å². The average Bonchev–Trinajstić information content (AvgIpc) is 3.22. The van der Waals surface area contributed by atoms with Crippen molar-refractivity contribution in [2.45, 2.75) is 12.1 Å². The average molecular weight is 465 g/mol. The molecule has 7 nitrogen and oxygen atoms in total. The van der Waals surface area contributed by atoms with Crippen LogP contribution in [0.1, 0.15) is 0 Å². The van der Waals surface area contributed by atoms with Gasteiger partial charge < -0.3 is 5.32 Å². The third-order valence-corrected chi connectivity index (χ3v) is 6.16. The number of allylic oxidation sites excluding steroid dienone is 1. The van der Waals surface area contributed by atoms with Crippen molar-refractivity contribution in [3.05, 3.63) is 71.2 Å². The zero-order chi connectivity index (χ0) is 20.8. The number of nitrogens with zero attached hydrogens (tertiary/aromatic N) is 3. The van der Waals surface area contributed by atoms with Crippen molar-refractivity contribution in [3.63, 3.8) is 0 Å². The van der Waals surface area contributed by atoms with Gasteiger partial charge in [-0.2, -0.15) is 5.10 Å². The Morgan fingerprint density at radius 3 is 2.53 bits per heavy atom. The molecule has 5 rings (SSSR count). The fraction of sp³-hybridized carbons (Fsp3) is 0.182. The van der Waals surface area contributed by atoms with Crippen LogP contribution in [0.25, 0.3) is 0 Å². The van der Waals surface area contributed by atoms with Crippen LogP contribution in [-0.2, 0) is 14.4 Å². The van der Waals surface area contributed by atoms with Crippen LogP contribution in [-0.4, -0.2) is 41.0 Å². The standard InChI is InChI=1S/C22H17BrN4O3/c23-13-6-4-9-15(12-13)26-21(29)17-16-10-5-11-24-27(16)19(18(17)22(26)30)20(28)25-14-7-2-1-3-8-14/h1-12,16-19H,(H,25,28). The molecule has 2 saturated heterocycles. The number of nitrogens with one attached hydrogen (secondary N) is 1. The van der Waals surface area contributed by atoms with Crippen molar-refractivity contribution in [2.75, 3.05) is 10.2 Å². The highest BCUT2D eigenvalue weighted by Gasteiger charge is 2.64. The molecule has 0 aliphatic carbocycles. The normalized spacial score (nSPS) is 26.7. The van der Waals surface area contributed by atoms with Gasteiger partial charge >= 0.3 is 0 Å². The maximum Gasteiger partial charge on any atom is 0.249 e. The summed E-state index contributed by atoms with van der Waals surface area (Å²) in [5, 5.41) is 8.77. The number of hydrogen-bond donors (Lipinski definition) is 1. The number of halogens is 1. The number of fused-ring (bicyclic) bond motifs is 3. The van der Waals surface area contributed by atoms with E-state index < -0.39 is 23.9 Å². The topological polar surface area (TPSA) is 82.1 Å². The molecule has 0 saturated carbocycles. The largest absolute Gasteiger partial charge is 0.324 e. The summed E-state index contributed by atoms with van der Waals surface area (Å²) in [6.07, 6.45) is 5.15. The van der Waals surface area contributed by atoms with Crippen molar-refractivity contribution in [1.29, 1.82) is 0 Å². The first-order chi connectivity index (χ1) is 14.6. The highest BCUT2D eigenvalue weighted by atomic mass is 79.9. The Labute approximate surface area is 181 Å². The lowest BCUT2D eigenvalue weighted by Gasteiger charge is -2.30. The minimum atomic E-state index is -0.880. The van der Waals surface area contributed by atoms with Gasteiger partial charge in [0.15, 0.2) is 0 Å². The van der Waals surface area contributed by atoms with Crippen LogP contribution in [0.4, 0.5) is 11.4 Å². The van der Waals surface area contributed by atoms with Gasteiger partial charge in [0.05, 0.1) is 23.6 Å². The second kappa shape index (κ2) is 7.21. The summed E-state index contributed by atoms with van der Waals surface area (Å²) >= 11 is 3.39. The van der Waals surface area contributed by atoms with Gasteiger partial charge in [-0.05, 0) is 36.4 Å². The van der Waals surface area contributed by atoms with E-state index in [0.29, 0.717) is 11.4 Å². The lowest BCUT2D eigenvalue weighted by atomic mass is 9.88. The number of amides is 3. The molecule has 1 N–H and O–H groups in total. The van der Waals surface area contributed by atoms with Gasteiger partial charge in [-0.15, -0.1) is 0 Å². The van der Waals surface area contributed by atoms with Crippen molar-refractivity contribution in [2.24, 2.45) is 16.9 Å². The van der Waals surface area contributed by atoms with Gasteiger partial charge in [0.1, 0.15) is 6.04 Å². The maximum atomic E-state index is 13.4. The molecular formula is C22H17BrN4O3. The Morgan fingerprint density at radius 1 is 1.00 bits per heavy atom. The number of para-hydroxylation sites is 1. The van der Waals surface area contributed by atoms with E-state index in [-0.39, 0.29) is 17.7 Å². The Hall–Kier alpha value is -3.26. The zero-order valence-corrected chi connectivity index (χ0v) is 17.3. The molecule has 2 fully saturated rings. The molecule has 4 unspecified atom stereocenters. The Balaban J connectivity index is 1.53. The van der Waals surface area contributed by atoms with E-state index in [0.717, 1.165) is 4.47 Å². The van der Waals surface area contributed by atoms with Crippen LogP contribution in [0.3, 0.4) is 0 Å². The molecule has 0 radical (unpaired) electrons. The first-order valence-electron chi connectivity index (χ1n) is 9.54. The van der Waals surface area contributed by atoms with Crippen LogP contribution in [0.2, 0.25) is 0 Å². The van der Waals surface area contributed by atoms with E-state index in [1.165, 1.54) is 4.90 Å². The molecule has 3 aliphatic heterocycles. The third kappa shape index (κ3) is 2.87. The number of hydrazone groups is 1. The Morgan fingerprint density at radius 2 is 1.77 bits per heavy atom. The van der Waals surface area contributed by atoms with Crippen LogP contribution in [0.5, 0.6) is 0 Å². The molecule has 8 heteroatoms. The van der Waals surface area contributed by atoms with Crippen molar-refractivity contribution < 1.29 is 14.4 Å². The van der Waals surface area contributed by atoms with Gasteiger partial charge in [-0.25, -0.2) is 4.90 Å². The summed E-state index contributed by atoms with van der Waals surface area (Å²) in [6, 6.07) is 14.7. The van der Waals surface area contributed by atoms with E-state index in [9.17, 15) is 14.4 Å². The molecule has 3 aliphatic rings. The number of carbonyl (C=O) groups is 3. The fourth-order valence-electron chi connectivity index (χ4n) is 4.44. The van der Waals surface area contributed by atoms with E-state index >= 15 is 0 Å². The van der Waals surface area contributed by atoms with Crippen LogP contribution >= 0.6 is 15.9 Å². The zero-order valence-electron chi connectivity index (χ0n) is 15.7. The predicted octanol–water partition coefficient (Wildman–Crippen LogP) is 2.80. The molecule has 150 valence electrons. The monoisotopic (exact) mass is 464 g/mol. The van der Waals surface area contributed by atoms with Gasteiger partial charge in [-0.1, -0.05) is 46.3 Å². The molecule has 0 bridgehead atoms. The van der Waals surface area contributed by atoms with E-state index in [1.807, 2.05) is 30.3 Å². The number of rotatable bonds is 3. The lowest BCUT2D eigenvalue weighted by Crippen LogP contribution is -2.47. The van der Waals surface area contributed by atoms with Crippen molar-refractivity contribution in [1.82, 2.24) is 5.01 Å². The summed E-state index contributed by atoms with van der Waals surface area (Å²) in [6.45, 7) is 0. The number of anilines is 2. The highest BCUT2D eigenvalue weighted by Crippen LogP contribution is 2.45. The molecule has 30 heavy (non-hydrogen) atoms. The van der Waals surface area contributed by atoms with Gasteiger partial charge in [-0.3, -0.25) is 19.4 Å². The second-order valence-electron chi connectivity index (χ2n) is 7.36. The summed E-state index contributed by atoms with van der Waals surface area (Å²) < 4.78 is 0.764. The Bertz CT molecular complexity index is 1100. The number of carbonyl (C=O) groups excluding carboxylic acids is 3. The number of hydrogen-bond acceptors (Lipinski definition) is 5. The van der Waals surface area contributed by atoms with Crippen molar-refractivity contribution >= 4 is 51.2 Å². The van der Waals surface area contributed by atoms with Crippen molar-refractivity contribution in [3.8, 4) is 0 Å². The molecular weight excluding hydrogens is 448 g/mol. The van der Waals surface area contributed by atoms with Crippen LogP contribution in [0, 0.1) is 11.8 Å². The molecule has 0 aromatic heterocycles. The molecule has 4 atom stereocenters. The molecule has 2 aromatic rings. The SMILES string of the molecule is O=C(Nc1ccccc1)C1C2C(=O)N(c3cccc(Br)c3)C(=O)C2C2C=CC=NN21. The number of benzene rings is 2. The minimum absolute atomic E-state index is 0.310. The maximum absolute atomic E-state index is 13.4.